The fourth-order valence-corrected chi connectivity index (χ4v) is 4.68. The molecule has 2 saturated carbocycles. The molecule has 35 heavy (non-hydrogen) atoms. The number of pyridine rings is 2. The maximum Gasteiger partial charge on any atom is 0.255 e. The number of nitriles is 1. The molecule has 11 heteroatoms. The Balaban J connectivity index is 1.60. The van der Waals surface area contributed by atoms with Crippen molar-refractivity contribution in [2.24, 2.45) is 0 Å². The topological polar surface area (TPSA) is 143 Å². The second-order valence-electron chi connectivity index (χ2n) is 10.0. The van der Waals surface area contributed by atoms with Gasteiger partial charge in [-0.25, -0.2) is 18.7 Å². The molecule has 0 aromatic carbocycles. The Morgan fingerprint density at radius 1 is 1.26 bits per heavy atom. The van der Waals surface area contributed by atoms with Gasteiger partial charge in [0.2, 0.25) is 0 Å². The standard InChI is InChI=1S/C24H28F2N6O3/c1-22(2,34)18(26)12-30-21(33)15-11-28-19(31-20-16(25)7-14(9-27)10-29-20)8-17(15)32-23-3-5-24(35,13-23)6-4-23/h7-8,10-11,18,34-35H,3-6,12-13H2,1-2H3,(H,30,33)(H2,28,29,31,32). The molecule has 2 heterocycles. The summed E-state index contributed by atoms with van der Waals surface area (Å²) in [6.45, 7) is 2.23. The van der Waals surface area contributed by atoms with Crippen LogP contribution in [0.1, 0.15) is 61.9 Å². The number of hydrogen-bond donors (Lipinski definition) is 5. The van der Waals surface area contributed by atoms with Crippen molar-refractivity contribution < 1.29 is 23.8 Å². The van der Waals surface area contributed by atoms with E-state index in [-0.39, 0.29) is 22.8 Å². The van der Waals surface area contributed by atoms with Crippen molar-refractivity contribution in [2.45, 2.75) is 68.9 Å². The van der Waals surface area contributed by atoms with E-state index < -0.39 is 41.2 Å². The molecule has 1 unspecified atom stereocenters. The van der Waals surface area contributed by atoms with Crippen LogP contribution < -0.4 is 16.0 Å². The number of aromatic nitrogens is 2. The van der Waals surface area contributed by atoms with Crippen molar-refractivity contribution in [3.05, 3.63) is 41.5 Å². The average Bonchev–Trinajstić information content (AvgIpc) is 3.31. The van der Waals surface area contributed by atoms with Gasteiger partial charge >= 0.3 is 0 Å². The quantitative estimate of drug-likeness (QED) is 0.383. The fourth-order valence-electron chi connectivity index (χ4n) is 4.68. The lowest BCUT2D eigenvalue weighted by Gasteiger charge is -2.30. The third-order valence-electron chi connectivity index (χ3n) is 6.78. The number of nitrogens with one attached hydrogen (secondary N) is 3. The van der Waals surface area contributed by atoms with Gasteiger partial charge < -0.3 is 26.2 Å². The Bertz CT molecular complexity index is 1170. The summed E-state index contributed by atoms with van der Waals surface area (Å²) in [5, 5.41) is 38.0. The van der Waals surface area contributed by atoms with E-state index in [1.165, 1.54) is 32.3 Å². The molecule has 5 N–H and O–H groups in total. The van der Waals surface area contributed by atoms with Gasteiger partial charge in [-0.15, -0.1) is 0 Å². The molecule has 2 aliphatic rings. The number of anilines is 3. The highest BCUT2D eigenvalue weighted by molar-refractivity contribution is 6.00. The first-order chi connectivity index (χ1) is 16.4. The maximum absolute atomic E-state index is 14.3. The van der Waals surface area contributed by atoms with Crippen molar-refractivity contribution in [1.29, 1.82) is 5.26 Å². The molecule has 0 spiro atoms. The van der Waals surface area contributed by atoms with Crippen LogP contribution in [-0.4, -0.2) is 55.5 Å². The molecule has 2 bridgehead atoms. The molecule has 2 aromatic heterocycles. The van der Waals surface area contributed by atoms with Crippen molar-refractivity contribution in [2.75, 3.05) is 17.2 Å². The predicted octanol–water partition coefficient (Wildman–Crippen LogP) is 2.93. The SMILES string of the molecule is CC(C)(O)C(F)CNC(=O)c1cnc(Nc2ncc(C#N)cc2F)cc1NC12CCC(O)(CC1)C2. The summed E-state index contributed by atoms with van der Waals surface area (Å²) in [5.74, 6) is -1.27. The number of hydrogen-bond acceptors (Lipinski definition) is 8. The second kappa shape index (κ2) is 9.02. The van der Waals surface area contributed by atoms with Gasteiger partial charge in [-0.3, -0.25) is 4.79 Å². The normalized spacial score (nSPS) is 24.0. The summed E-state index contributed by atoms with van der Waals surface area (Å²) in [4.78, 5) is 21.0. The molecule has 0 saturated heterocycles. The van der Waals surface area contributed by atoms with Crippen LogP contribution in [0.2, 0.25) is 0 Å². The van der Waals surface area contributed by atoms with E-state index in [9.17, 15) is 23.8 Å². The number of halogens is 2. The van der Waals surface area contributed by atoms with Crippen LogP contribution >= 0.6 is 0 Å². The first kappa shape index (κ1) is 24.8. The van der Waals surface area contributed by atoms with E-state index in [1.54, 1.807) is 0 Å². The first-order valence-electron chi connectivity index (χ1n) is 11.4. The van der Waals surface area contributed by atoms with Gasteiger partial charge in [0.15, 0.2) is 11.6 Å². The van der Waals surface area contributed by atoms with Gasteiger partial charge in [0.25, 0.3) is 5.91 Å². The molecule has 0 aliphatic heterocycles. The van der Waals surface area contributed by atoms with Gasteiger partial charge in [-0.05, 0) is 52.0 Å². The van der Waals surface area contributed by atoms with Crippen LogP contribution in [0.4, 0.5) is 26.1 Å². The number of nitrogens with zero attached hydrogens (tertiary/aromatic N) is 3. The molecule has 186 valence electrons. The third kappa shape index (κ3) is 5.33. The summed E-state index contributed by atoms with van der Waals surface area (Å²) in [6.07, 6.45) is 4.08. The Morgan fingerprint density at radius 2 is 1.97 bits per heavy atom. The molecule has 1 atom stereocenters. The van der Waals surface area contributed by atoms with Crippen molar-refractivity contribution in [1.82, 2.24) is 15.3 Å². The van der Waals surface area contributed by atoms with Crippen LogP contribution in [0.5, 0.6) is 0 Å². The maximum atomic E-state index is 14.3. The Morgan fingerprint density at radius 3 is 2.54 bits per heavy atom. The van der Waals surface area contributed by atoms with Crippen molar-refractivity contribution in [3.63, 3.8) is 0 Å². The summed E-state index contributed by atoms with van der Waals surface area (Å²) in [7, 11) is 0. The predicted molar refractivity (Wildman–Crippen MR) is 124 cm³/mol. The molecule has 4 rings (SSSR count). The van der Waals surface area contributed by atoms with E-state index in [2.05, 4.69) is 25.9 Å². The molecular formula is C24H28F2N6O3. The number of carbonyl (C=O) groups excluding carboxylic acids is 1. The van der Waals surface area contributed by atoms with Crippen LogP contribution in [-0.2, 0) is 0 Å². The number of amides is 1. The van der Waals surface area contributed by atoms with Crippen molar-refractivity contribution in [3.8, 4) is 6.07 Å². The van der Waals surface area contributed by atoms with Crippen LogP contribution in [0, 0.1) is 17.1 Å². The number of rotatable bonds is 8. The van der Waals surface area contributed by atoms with E-state index in [0.717, 1.165) is 6.07 Å². The van der Waals surface area contributed by atoms with Crippen LogP contribution in [0.25, 0.3) is 0 Å². The van der Waals surface area contributed by atoms with E-state index >= 15 is 0 Å². The third-order valence-corrected chi connectivity index (χ3v) is 6.78. The highest BCUT2D eigenvalue weighted by Crippen LogP contribution is 2.52. The minimum atomic E-state index is -1.68. The summed E-state index contributed by atoms with van der Waals surface area (Å²) >= 11 is 0. The Labute approximate surface area is 201 Å². The smallest absolute Gasteiger partial charge is 0.255 e. The lowest BCUT2D eigenvalue weighted by molar-refractivity contribution is -0.00178. The molecule has 2 fully saturated rings. The fraction of sp³-hybridized carbons (Fsp3) is 0.500. The van der Waals surface area contributed by atoms with Gasteiger partial charge in [0.05, 0.1) is 34.6 Å². The molecule has 1 amide bonds. The van der Waals surface area contributed by atoms with Gasteiger partial charge in [0, 0.05) is 24.0 Å². The Hall–Kier alpha value is -3.36. The van der Waals surface area contributed by atoms with Gasteiger partial charge in [0.1, 0.15) is 18.1 Å². The van der Waals surface area contributed by atoms with Gasteiger partial charge in [-0.1, -0.05) is 0 Å². The highest BCUT2D eigenvalue weighted by Gasteiger charge is 2.53. The number of fused-ring (bicyclic) bond motifs is 2. The van der Waals surface area contributed by atoms with E-state index in [0.29, 0.717) is 37.8 Å². The monoisotopic (exact) mass is 486 g/mol. The van der Waals surface area contributed by atoms with Crippen LogP contribution in [0.3, 0.4) is 0 Å². The van der Waals surface area contributed by atoms with E-state index in [4.69, 9.17) is 5.26 Å². The largest absolute Gasteiger partial charge is 0.390 e. The Kier molecular flexibility index (Phi) is 6.38. The zero-order chi connectivity index (χ0) is 25.4. The molecule has 2 aliphatic carbocycles. The first-order valence-corrected chi connectivity index (χ1v) is 11.4. The second-order valence-corrected chi connectivity index (χ2v) is 10.0. The summed E-state index contributed by atoms with van der Waals surface area (Å²) in [5.41, 5.74) is -2.15. The minimum absolute atomic E-state index is 0.0710. The summed E-state index contributed by atoms with van der Waals surface area (Å²) < 4.78 is 28.5. The average molecular weight is 487 g/mol. The number of alkyl halides is 1. The van der Waals surface area contributed by atoms with E-state index in [1.807, 2.05) is 6.07 Å². The van der Waals surface area contributed by atoms with Gasteiger partial charge in [-0.2, -0.15) is 5.26 Å². The minimum Gasteiger partial charge on any atom is -0.390 e. The zero-order valence-electron chi connectivity index (χ0n) is 19.5. The zero-order valence-corrected chi connectivity index (χ0v) is 19.5. The molecular weight excluding hydrogens is 458 g/mol. The summed E-state index contributed by atoms with van der Waals surface area (Å²) in [6, 6.07) is 4.39. The van der Waals surface area contributed by atoms with Crippen LogP contribution in [0.15, 0.2) is 24.5 Å². The molecule has 9 nitrogen and oxygen atoms in total. The lowest BCUT2D eigenvalue weighted by atomic mass is 9.92. The molecule has 0 radical (unpaired) electrons. The molecule has 2 aromatic rings. The van der Waals surface area contributed by atoms with Crippen molar-refractivity contribution >= 4 is 23.2 Å². The number of carbonyl (C=O) groups is 1. The highest BCUT2D eigenvalue weighted by atomic mass is 19.1. The number of aliphatic hydroxyl groups is 2. The lowest BCUT2D eigenvalue weighted by Crippen LogP contribution is -2.42.